The summed E-state index contributed by atoms with van der Waals surface area (Å²) in [4.78, 5) is 27.2. The number of carbonyl (C=O) groups excluding carboxylic acids is 2. The fraction of sp³-hybridized carbons (Fsp3) is 0.833. The Hall–Kier alpha value is -0.740. The quantitative estimate of drug-likeness (QED) is 0.605. The number of ketones is 2. The van der Waals surface area contributed by atoms with Crippen molar-refractivity contribution in [3.63, 3.8) is 0 Å². The van der Waals surface area contributed by atoms with E-state index in [4.69, 9.17) is 0 Å². The fourth-order valence-corrected chi connectivity index (χ4v) is 1.74. The average molecular weight is 226 g/mol. The van der Waals surface area contributed by atoms with Crippen molar-refractivity contribution in [2.75, 3.05) is 40.3 Å². The standard InChI is InChI=1S/C12H22N2O2/c1-13-7-3-11(15)5-9-14(2)10-6-12(16)4-8-13/h3-10H2,1-2H3. The summed E-state index contributed by atoms with van der Waals surface area (Å²) in [5.41, 5.74) is 0. The van der Waals surface area contributed by atoms with Crippen molar-refractivity contribution in [3.05, 3.63) is 0 Å². The minimum Gasteiger partial charge on any atom is -0.305 e. The Bertz CT molecular complexity index is 207. The van der Waals surface area contributed by atoms with Crippen molar-refractivity contribution < 1.29 is 9.59 Å². The summed E-state index contributed by atoms with van der Waals surface area (Å²) in [6.07, 6.45) is 2.44. The molecule has 0 aliphatic carbocycles. The first-order valence-electron chi connectivity index (χ1n) is 5.98. The van der Waals surface area contributed by atoms with E-state index in [2.05, 4.69) is 9.80 Å². The van der Waals surface area contributed by atoms with Gasteiger partial charge in [-0.05, 0) is 14.1 Å². The summed E-state index contributed by atoms with van der Waals surface area (Å²) >= 11 is 0. The van der Waals surface area contributed by atoms with Crippen LogP contribution in [-0.4, -0.2) is 61.6 Å². The van der Waals surface area contributed by atoms with Gasteiger partial charge in [-0.3, -0.25) is 9.59 Å². The predicted octanol–water partition coefficient (Wildman–Crippen LogP) is 0.562. The van der Waals surface area contributed by atoms with Gasteiger partial charge in [0.15, 0.2) is 0 Å². The van der Waals surface area contributed by atoms with Gasteiger partial charge in [-0.2, -0.15) is 0 Å². The highest BCUT2D eigenvalue weighted by molar-refractivity contribution is 5.79. The number of hydrogen-bond acceptors (Lipinski definition) is 4. The summed E-state index contributed by atoms with van der Waals surface area (Å²) in [5, 5.41) is 0. The molecule has 0 aromatic heterocycles. The first-order valence-corrected chi connectivity index (χ1v) is 5.98. The van der Waals surface area contributed by atoms with Crippen LogP contribution in [0.5, 0.6) is 0 Å². The molecule has 0 aromatic rings. The number of carbonyl (C=O) groups is 2. The third-order valence-electron chi connectivity index (χ3n) is 3.09. The molecule has 0 radical (unpaired) electrons. The van der Waals surface area contributed by atoms with Gasteiger partial charge < -0.3 is 9.80 Å². The Morgan fingerprint density at radius 3 is 1.19 bits per heavy atom. The van der Waals surface area contributed by atoms with Crippen molar-refractivity contribution in [1.29, 1.82) is 0 Å². The van der Waals surface area contributed by atoms with Crippen LogP contribution < -0.4 is 0 Å². The van der Waals surface area contributed by atoms with E-state index in [-0.39, 0.29) is 0 Å². The van der Waals surface area contributed by atoms with E-state index >= 15 is 0 Å². The van der Waals surface area contributed by atoms with Crippen molar-refractivity contribution in [2.45, 2.75) is 25.7 Å². The summed E-state index contributed by atoms with van der Waals surface area (Å²) in [7, 11) is 3.94. The molecule has 1 heterocycles. The minimum absolute atomic E-state index is 0.325. The molecule has 0 atom stereocenters. The van der Waals surface area contributed by atoms with E-state index in [1.165, 1.54) is 0 Å². The zero-order chi connectivity index (χ0) is 12.0. The van der Waals surface area contributed by atoms with Gasteiger partial charge in [-0.1, -0.05) is 0 Å². The fourth-order valence-electron chi connectivity index (χ4n) is 1.74. The van der Waals surface area contributed by atoms with Crippen LogP contribution in [0.4, 0.5) is 0 Å². The lowest BCUT2D eigenvalue weighted by Gasteiger charge is -2.19. The summed E-state index contributed by atoms with van der Waals surface area (Å²) in [6.45, 7) is 3.09. The van der Waals surface area contributed by atoms with Gasteiger partial charge in [-0.15, -0.1) is 0 Å². The van der Waals surface area contributed by atoms with E-state index in [1.54, 1.807) is 0 Å². The number of nitrogens with zero attached hydrogens (tertiary/aromatic N) is 2. The maximum atomic E-state index is 11.5. The highest BCUT2D eigenvalue weighted by atomic mass is 16.1. The Kier molecular flexibility index (Phi) is 5.63. The molecular weight excluding hydrogens is 204 g/mol. The molecule has 0 unspecified atom stereocenters. The van der Waals surface area contributed by atoms with Crippen molar-refractivity contribution in [1.82, 2.24) is 9.80 Å². The van der Waals surface area contributed by atoms with Gasteiger partial charge in [0.2, 0.25) is 0 Å². The Morgan fingerprint density at radius 1 is 0.688 bits per heavy atom. The van der Waals surface area contributed by atoms with Crippen LogP contribution in [0.15, 0.2) is 0 Å². The van der Waals surface area contributed by atoms with Crippen LogP contribution in [0.25, 0.3) is 0 Å². The molecule has 0 bridgehead atoms. The number of Topliss-reactive ketones (excluding diaryl/α,β-unsaturated/α-hetero) is 2. The molecule has 0 amide bonds. The number of rotatable bonds is 0. The monoisotopic (exact) mass is 226 g/mol. The molecule has 0 aromatic carbocycles. The largest absolute Gasteiger partial charge is 0.305 e. The molecule has 4 nitrogen and oxygen atoms in total. The van der Waals surface area contributed by atoms with E-state index in [0.717, 1.165) is 26.2 Å². The van der Waals surface area contributed by atoms with Crippen molar-refractivity contribution >= 4 is 11.6 Å². The molecule has 1 aliphatic rings. The topological polar surface area (TPSA) is 40.6 Å². The van der Waals surface area contributed by atoms with E-state index in [9.17, 15) is 9.59 Å². The first-order chi connectivity index (χ1) is 7.58. The predicted molar refractivity (Wildman–Crippen MR) is 63.5 cm³/mol. The third-order valence-corrected chi connectivity index (χ3v) is 3.09. The van der Waals surface area contributed by atoms with Crippen molar-refractivity contribution in [3.8, 4) is 0 Å². The summed E-state index contributed by atoms with van der Waals surface area (Å²) in [5.74, 6) is 0.649. The molecule has 1 aliphatic heterocycles. The zero-order valence-corrected chi connectivity index (χ0v) is 10.4. The molecular formula is C12H22N2O2. The Morgan fingerprint density at radius 2 is 0.938 bits per heavy atom. The van der Waals surface area contributed by atoms with Crippen LogP contribution in [0.3, 0.4) is 0 Å². The molecule has 0 spiro atoms. The van der Waals surface area contributed by atoms with E-state index < -0.39 is 0 Å². The summed E-state index contributed by atoms with van der Waals surface area (Å²) in [6, 6.07) is 0. The van der Waals surface area contributed by atoms with Crippen LogP contribution >= 0.6 is 0 Å². The molecule has 4 heteroatoms. The molecule has 92 valence electrons. The van der Waals surface area contributed by atoms with Gasteiger partial charge in [0, 0.05) is 51.9 Å². The lowest BCUT2D eigenvalue weighted by atomic mass is 10.1. The van der Waals surface area contributed by atoms with E-state index in [0.29, 0.717) is 37.2 Å². The minimum atomic E-state index is 0.325. The van der Waals surface area contributed by atoms with Gasteiger partial charge >= 0.3 is 0 Å². The lowest BCUT2D eigenvalue weighted by Crippen LogP contribution is -2.29. The smallest absolute Gasteiger partial charge is 0.135 e. The van der Waals surface area contributed by atoms with E-state index in [1.807, 2.05) is 14.1 Å². The Labute approximate surface area is 97.6 Å². The summed E-state index contributed by atoms with van der Waals surface area (Å²) < 4.78 is 0. The van der Waals surface area contributed by atoms with Crippen LogP contribution in [-0.2, 0) is 9.59 Å². The second-order valence-corrected chi connectivity index (χ2v) is 4.68. The Balaban J connectivity index is 2.45. The first kappa shape index (κ1) is 13.3. The SMILES string of the molecule is CN1CCC(=O)CCN(C)CCC(=O)CC1. The van der Waals surface area contributed by atoms with Crippen molar-refractivity contribution in [2.24, 2.45) is 0 Å². The van der Waals surface area contributed by atoms with Crippen LogP contribution in [0.2, 0.25) is 0 Å². The number of hydrogen-bond donors (Lipinski definition) is 0. The second kappa shape index (κ2) is 6.76. The van der Waals surface area contributed by atoms with Gasteiger partial charge in [-0.25, -0.2) is 0 Å². The molecule has 0 saturated carbocycles. The molecule has 1 rings (SSSR count). The van der Waals surface area contributed by atoms with Gasteiger partial charge in [0.1, 0.15) is 11.6 Å². The maximum Gasteiger partial charge on any atom is 0.135 e. The third kappa shape index (κ3) is 5.37. The molecule has 1 saturated heterocycles. The molecule has 1 fully saturated rings. The highest BCUT2D eigenvalue weighted by Gasteiger charge is 2.11. The second-order valence-electron chi connectivity index (χ2n) is 4.68. The lowest BCUT2D eigenvalue weighted by molar-refractivity contribution is -0.120. The normalized spacial score (nSPS) is 23.9. The molecule has 0 N–H and O–H groups in total. The van der Waals surface area contributed by atoms with Crippen LogP contribution in [0.1, 0.15) is 25.7 Å². The average Bonchev–Trinajstić information content (AvgIpc) is 2.27. The maximum absolute atomic E-state index is 11.5. The zero-order valence-electron chi connectivity index (χ0n) is 10.4. The highest BCUT2D eigenvalue weighted by Crippen LogP contribution is 2.01. The molecule has 16 heavy (non-hydrogen) atoms. The van der Waals surface area contributed by atoms with Gasteiger partial charge in [0.05, 0.1) is 0 Å². The van der Waals surface area contributed by atoms with Crippen LogP contribution in [0, 0.1) is 0 Å². The van der Waals surface area contributed by atoms with Gasteiger partial charge in [0.25, 0.3) is 0 Å².